The molecule has 4 aromatic rings. The average molecular weight is 351 g/mol. The second kappa shape index (κ2) is 6.08. The fourth-order valence-corrected chi connectivity index (χ4v) is 3.93. The van der Waals surface area contributed by atoms with Crippen molar-refractivity contribution in [2.45, 2.75) is 6.42 Å². The molecule has 0 bridgehead atoms. The molecule has 2 heteroatoms. The van der Waals surface area contributed by atoms with E-state index in [1.54, 1.807) is 0 Å². The number of para-hydroxylation sites is 1. The van der Waals surface area contributed by atoms with E-state index in [1.807, 2.05) is 0 Å². The summed E-state index contributed by atoms with van der Waals surface area (Å²) < 4.78 is 0. The molecule has 1 aliphatic carbocycles. The molecule has 0 spiro atoms. The lowest BCUT2D eigenvalue weighted by Gasteiger charge is -2.07. The molecule has 0 saturated carbocycles. The van der Waals surface area contributed by atoms with E-state index >= 15 is 0 Å². The van der Waals surface area contributed by atoms with E-state index in [-0.39, 0.29) is 0 Å². The molecule has 1 aromatic heterocycles. The molecule has 0 aliphatic heterocycles. The summed E-state index contributed by atoms with van der Waals surface area (Å²) >= 11 is 5.82. The summed E-state index contributed by atoms with van der Waals surface area (Å²) in [4.78, 5) is 4.45. The summed E-state index contributed by atoms with van der Waals surface area (Å²) in [5.41, 5.74) is 8.43. The highest BCUT2D eigenvalue weighted by molar-refractivity contribution is 7.81. The van der Waals surface area contributed by atoms with Gasteiger partial charge in [0.2, 0.25) is 0 Å². The molecule has 1 aliphatic rings. The van der Waals surface area contributed by atoms with Gasteiger partial charge in [-0.05, 0) is 58.5 Å². The number of hydrogen-bond acceptors (Lipinski definition) is 1. The Morgan fingerprint density at radius 2 is 1.69 bits per heavy atom. The zero-order valence-electron chi connectivity index (χ0n) is 14.2. The van der Waals surface area contributed by atoms with Gasteiger partial charge in [-0.2, -0.15) is 0 Å². The number of hydrogen-bond donors (Lipinski definition) is 1. The number of nitrogens with one attached hydrogen (secondary N) is 1. The second-order valence-corrected chi connectivity index (χ2v) is 7.13. The SMILES string of the molecule is S=C(C1=Cc2ccccc2C1)c1cccc(-c2cc3ccccc3[nH]2)c1. The fourth-order valence-electron chi connectivity index (χ4n) is 3.67. The van der Waals surface area contributed by atoms with E-state index in [2.05, 4.69) is 89.9 Å². The quantitative estimate of drug-likeness (QED) is 0.343. The Morgan fingerprint density at radius 3 is 2.58 bits per heavy atom. The Bertz CT molecular complexity index is 1150. The Kier molecular flexibility index (Phi) is 3.58. The van der Waals surface area contributed by atoms with Crippen LogP contribution >= 0.6 is 12.2 Å². The van der Waals surface area contributed by atoms with Crippen LogP contribution in [0.15, 0.2) is 84.4 Å². The number of thiocarbonyl (C=S) groups is 1. The number of aromatic amines is 1. The highest BCUT2D eigenvalue weighted by atomic mass is 32.1. The number of benzene rings is 3. The van der Waals surface area contributed by atoms with Crippen LogP contribution in [0.1, 0.15) is 16.7 Å². The first-order valence-corrected chi connectivity index (χ1v) is 9.20. The van der Waals surface area contributed by atoms with Crippen LogP contribution in [0, 0.1) is 0 Å². The van der Waals surface area contributed by atoms with E-state index < -0.39 is 0 Å². The molecule has 1 heterocycles. The van der Waals surface area contributed by atoms with Crippen LogP contribution in [-0.4, -0.2) is 9.85 Å². The maximum Gasteiger partial charge on any atom is 0.0485 e. The lowest BCUT2D eigenvalue weighted by atomic mass is 10.00. The van der Waals surface area contributed by atoms with Crippen LogP contribution in [0.2, 0.25) is 0 Å². The van der Waals surface area contributed by atoms with Crippen LogP contribution in [0.4, 0.5) is 0 Å². The summed E-state index contributed by atoms with van der Waals surface area (Å²) in [6.07, 6.45) is 3.15. The van der Waals surface area contributed by atoms with Gasteiger partial charge in [-0.15, -0.1) is 0 Å². The Morgan fingerprint density at radius 1 is 0.846 bits per heavy atom. The average Bonchev–Trinajstić information content (AvgIpc) is 3.31. The minimum atomic E-state index is 0.922. The van der Waals surface area contributed by atoms with Crippen LogP contribution in [0.5, 0.6) is 0 Å². The van der Waals surface area contributed by atoms with E-state index in [1.165, 1.54) is 22.1 Å². The van der Waals surface area contributed by atoms with Crippen molar-refractivity contribution in [2.75, 3.05) is 0 Å². The van der Waals surface area contributed by atoms with Crippen molar-refractivity contribution >= 4 is 34.1 Å². The second-order valence-electron chi connectivity index (χ2n) is 6.73. The van der Waals surface area contributed by atoms with Crippen molar-refractivity contribution in [3.63, 3.8) is 0 Å². The molecular weight excluding hydrogens is 334 g/mol. The summed E-state index contributed by atoms with van der Waals surface area (Å²) in [6, 6.07) is 27.6. The number of allylic oxidation sites excluding steroid dienone is 1. The topological polar surface area (TPSA) is 15.8 Å². The van der Waals surface area contributed by atoms with Crippen molar-refractivity contribution in [1.82, 2.24) is 4.98 Å². The zero-order chi connectivity index (χ0) is 17.5. The first-order chi connectivity index (χ1) is 12.8. The monoisotopic (exact) mass is 351 g/mol. The van der Waals surface area contributed by atoms with E-state index in [0.717, 1.165) is 33.6 Å². The van der Waals surface area contributed by atoms with Crippen LogP contribution in [0.3, 0.4) is 0 Å². The number of rotatable bonds is 3. The van der Waals surface area contributed by atoms with Gasteiger partial charge in [0.25, 0.3) is 0 Å². The van der Waals surface area contributed by atoms with E-state index in [9.17, 15) is 0 Å². The molecule has 26 heavy (non-hydrogen) atoms. The van der Waals surface area contributed by atoms with E-state index in [0.29, 0.717) is 0 Å². The van der Waals surface area contributed by atoms with Crippen molar-refractivity contribution < 1.29 is 0 Å². The van der Waals surface area contributed by atoms with Gasteiger partial charge < -0.3 is 4.98 Å². The van der Waals surface area contributed by atoms with Crippen molar-refractivity contribution in [3.8, 4) is 11.3 Å². The maximum absolute atomic E-state index is 5.82. The predicted molar refractivity (Wildman–Crippen MR) is 114 cm³/mol. The molecule has 5 rings (SSSR count). The first kappa shape index (κ1) is 15.3. The van der Waals surface area contributed by atoms with Crippen LogP contribution in [0.25, 0.3) is 28.2 Å². The van der Waals surface area contributed by atoms with Crippen LogP contribution < -0.4 is 0 Å². The number of fused-ring (bicyclic) bond motifs is 2. The largest absolute Gasteiger partial charge is 0.355 e. The fraction of sp³-hybridized carbons (Fsp3) is 0.0417. The molecule has 0 atom stereocenters. The molecule has 0 amide bonds. The van der Waals surface area contributed by atoms with Gasteiger partial charge in [-0.1, -0.05) is 72.9 Å². The molecular formula is C24H17NS. The van der Waals surface area contributed by atoms with Gasteiger partial charge in [0.1, 0.15) is 0 Å². The Labute approximate surface area is 158 Å². The third-order valence-electron chi connectivity index (χ3n) is 5.02. The molecule has 0 unspecified atom stereocenters. The van der Waals surface area contributed by atoms with E-state index in [4.69, 9.17) is 12.2 Å². The maximum atomic E-state index is 5.82. The molecule has 0 fully saturated rings. The molecule has 1 N–H and O–H groups in total. The number of H-pyrrole nitrogens is 1. The molecule has 124 valence electrons. The summed E-state index contributed by atoms with van der Waals surface area (Å²) in [6.45, 7) is 0. The molecule has 1 nitrogen and oxygen atoms in total. The summed E-state index contributed by atoms with van der Waals surface area (Å²) in [7, 11) is 0. The minimum Gasteiger partial charge on any atom is -0.355 e. The van der Waals surface area contributed by atoms with Gasteiger partial charge in [-0.25, -0.2) is 0 Å². The van der Waals surface area contributed by atoms with Crippen molar-refractivity contribution in [2.24, 2.45) is 0 Å². The number of aromatic nitrogens is 1. The smallest absolute Gasteiger partial charge is 0.0485 e. The third-order valence-corrected chi connectivity index (χ3v) is 5.52. The molecule has 3 aromatic carbocycles. The van der Waals surface area contributed by atoms with Gasteiger partial charge in [-0.3, -0.25) is 0 Å². The summed E-state index contributed by atoms with van der Waals surface area (Å²) in [5.74, 6) is 0. The lowest BCUT2D eigenvalue weighted by Crippen LogP contribution is -2.02. The third kappa shape index (κ3) is 2.59. The first-order valence-electron chi connectivity index (χ1n) is 8.79. The zero-order valence-corrected chi connectivity index (χ0v) is 15.0. The van der Waals surface area contributed by atoms with Gasteiger partial charge in [0.15, 0.2) is 0 Å². The van der Waals surface area contributed by atoms with Crippen molar-refractivity contribution in [3.05, 3.63) is 101 Å². The summed E-state index contributed by atoms with van der Waals surface area (Å²) in [5, 5.41) is 1.23. The molecule has 0 radical (unpaired) electrons. The predicted octanol–water partition coefficient (Wildman–Crippen LogP) is 6.19. The van der Waals surface area contributed by atoms with Crippen LogP contribution in [-0.2, 0) is 6.42 Å². The van der Waals surface area contributed by atoms with Gasteiger partial charge in [0, 0.05) is 21.5 Å². The standard InChI is InChI=1S/C24H17NS/c26-24(21-12-16-6-1-2-7-17(16)13-21)20-10-5-9-18(14-20)23-15-19-8-3-4-11-22(19)25-23/h1-12,14-15,25H,13H2. The molecule has 0 saturated heterocycles. The Hall–Kier alpha value is -2.97. The Balaban J connectivity index is 1.49. The normalized spacial score (nSPS) is 12.8. The van der Waals surface area contributed by atoms with Gasteiger partial charge in [0.05, 0.1) is 0 Å². The highest BCUT2D eigenvalue weighted by Crippen LogP contribution is 2.29. The highest BCUT2D eigenvalue weighted by Gasteiger charge is 2.17. The van der Waals surface area contributed by atoms with Gasteiger partial charge >= 0.3 is 0 Å². The minimum absolute atomic E-state index is 0.922. The lowest BCUT2D eigenvalue weighted by molar-refractivity contribution is 1.27. The van der Waals surface area contributed by atoms with Crippen molar-refractivity contribution in [1.29, 1.82) is 0 Å².